The monoisotopic (exact) mass is 514 g/mol. The van der Waals surface area contributed by atoms with Crippen LogP contribution in [0.15, 0.2) is 23.5 Å². The van der Waals surface area contributed by atoms with Crippen molar-refractivity contribution in [1.29, 1.82) is 0 Å². The van der Waals surface area contributed by atoms with Crippen LogP contribution >= 0.6 is 24.0 Å². The molecule has 1 aliphatic rings. The summed E-state index contributed by atoms with van der Waals surface area (Å²) in [5, 5.41) is 14.7. The van der Waals surface area contributed by atoms with Gasteiger partial charge in [0.15, 0.2) is 11.8 Å². The van der Waals surface area contributed by atoms with E-state index in [0.29, 0.717) is 19.7 Å². The lowest BCUT2D eigenvalue weighted by Crippen LogP contribution is -2.37. The fourth-order valence-electron chi connectivity index (χ4n) is 3.24. The summed E-state index contributed by atoms with van der Waals surface area (Å²) in [6.07, 6.45) is 2.86. The lowest BCUT2D eigenvalue weighted by Gasteiger charge is -2.14. The Balaban J connectivity index is 0.00000300. The number of aliphatic imine (C=N–C) groups is 1. The normalized spacial score (nSPS) is 15.3. The average Bonchev–Trinajstić information content (AvgIpc) is 3.28. The fraction of sp³-hybridized carbons (Fsp3) is 0.550. The van der Waals surface area contributed by atoms with Crippen LogP contribution in [0, 0.1) is 0 Å². The van der Waals surface area contributed by atoms with Gasteiger partial charge in [-0.25, -0.2) is 4.99 Å². The Morgan fingerprint density at radius 2 is 2.14 bits per heavy atom. The lowest BCUT2D eigenvalue weighted by atomic mass is 10.1. The van der Waals surface area contributed by atoms with Crippen molar-refractivity contribution in [2.45, 2.75) is 59.9 Å². The number of hydrogen-bond donors (Lipinski definition) is 2. The number of aryl methyl sites for hydroxylation is 1. The summed E-state index contributed by atoms with van der Waals surface area (Å²) in [4.78, 5) is 4.73. The molecule has 8 nitrogen and oxygen atoms in total. The molecule has 0 fully saturated rings. The van der Waals surface area contributed by atoms with Crippen LogP contribution < -0.4 is 20.1 Å². The Kier molecular flexibility index (Phi) is 8.99. The van der Waals surface area contributed by atoms with Gasteiger partial charge in [0, 0.05) is 30.6 Å². The van der Waals surface area contributed by atoms with Crippen molar-refractivity contribution in [3.05, 3.63) is 35.4 Å². The molecule has 160 valence electrons. The van der Waals surface area contributed by atoms with Gasteiger partial charge in [0.25, 0.3) is 0 Å². The van der Waals surface area contributed by atoms with E-state index in [4.69, 9.17) is 14.5 Å². The van der Waals surface area contributed by atoms with Crippen molar-refractivity contribution in [2.24, 2.45) is 4.99 Å². The van der Waals surface area contributed by atoms with E-state index in [1.54, 1.807) is 6.33 Å². The smallest absolute Gasteiger partial charge is 0.191 e. The second-order valence-corrected chi connectivity index (χ2v) is 6.72. The van der Waals surface area contributed by atoms with Gasteiger partial charge in [0.1, 0.15) is 23.9 Å². The average molecular weight is 514 g/mol. The van der Waals surface area contributed by atoms with Gasteiger partial charge in [-0.3, -0.25) is 0 Å². The third kappa shape index (κ3) is 5.97. The number of rotatable bonds is 8. The summed E-state index contributed by atoms with van der Waals surface area (Å²) < 4.78 is 13.8. The highest BCUT2D eigenvalue weighted by molar-refractivity contribution is 14.0. The zero-order valence-corrected chi connectivity index (χ0v) is 19.9. The topological polar surface area (TPSA) is 85.6 Å². The molecule has 0 radical (unpaired) electrons. The molecule has 1 atom stereocenters. The Bertz CT molecular complexity index is 823. The fourth-order valence-corrected chi connectivity index (χ4v) is 3.24. The van der Waals surface area contributed by atoms with E-state index in [0.717, 1.165) is 48.4 Å². The molecule has 29 heavy (non-hydrogen) atoms. The molecule has 0 aliphatic carbocycles. The van der Waals surface area contributed by atoms with Crippen molar-refractivity contribution in [3.8, 4) is 11.5 Å². The van der Waals surface area contributed by atoms with E-state index in [1.165, 1.54) is 5.56 Å². The van der Waals surface area contributed by atoms with Crippen molar-refractivity contribution in [1.82, 2.24) is 25.4 Å². The van der Waals surface area contributed by atoms with E-state index in [2.05, 4.69) is 46.8 Å². The summed E-state index contributed by atoms with van der Waals surface area (Å²) in [5.74, 6) is 3.42. The Morgan fingerprint density at radius 1 is 1.31 bits per heavy atom. The molecule has 2 heterocycles. The first-order valence-electron chi connectivity index (χ1n) is 9.98. The van der Waals surface area contributed by atoms with Gasteiger partial charge in [-0.15, -0.1) is 34.2 Å². The number of fused-ring (bicyclic) bond motifs is 1. The molecule has 0 bridgehead atoms. The minimum Gasteiger partial charge on any atom is -0.494 e. The van der Waals surface area contributed by atoms with Gasteiger partial charge in [-0.2, -0.15) is 0 Å². The second-order valence-electron chi connectivity index (χ2n) is 6.72. The summed E-state index contributed by atoms with van der Waals surface area (Å²) in [6, 6.07) is 4.15. The van der Waals surface area contributed by atoms with Crippen LogP contribution in [-0.2, 0) is 26.1 Å². The largest absolute Gasteiger partial charge is 0.494 e. The SMILES string of the molecule is CCNC(=NCc1cc2c(cc1OCC)CC(C)O2)NCc1nncn1CC.I. The molecule has 1 aromatic carbocycles. The lowest BCUT2D eigenvalue weighted by molar-refractivity contribution is 0.254. The highest BCUT2D eigenvalue weighted by atomic mass is 127. The van der Waals surface area contributed by atoms with Crippen LogP contribution in [0.1, 0.15) is 44.6 Å². The predicted octanol–water partition coefficient (Wildman–Crippen LogP) is 2.89. The molecule has 1 unspecified atom stereocenters. The van der Waals surface area contributed by atoms with E-state index >= 15 is 0 Å². The Labute approximate surface area is 189 Å². The number of benzene rings is 1. The maximum absolute atomic E-state index is 5.90. The first-order chi connectivity index (χ1) is 13.6. The van der Waals surface area contributed by atoms with Crippen molar-refractivity contribution in [3.63, 3.8) is 0 Å². The number of halogens is 1. The van der Waals surface area contributed by atoms with Crippen LogP contribution in [-0.4, -0.2) is 40.0 Å². The standard InChI is InChI=1S/C20H30N6O2.HI/c1-5-21-20(23-12-19-25-24-13-26(19)6-2)22-11-16-10-18-15(8-14(4)28-18)9-17(16)27-7-3;/h9-10,13-14H,5-8,11-12H2,1-4H3,(H2,21,22,23);1H. The van der Waals surface area contributed by atoms with Gasteiger partial charge in [0.05, 0.1) is 19.7 Å². The molecular formula is C20H31IN6O2. The maximum atomic E-state index is 5.90. The van der Waals surface area contributed by atoms with Gasteiger partial charge < -0.3 is 24.7 Å². The van der Waals surface area contributed by atoms with Crippen LogP contribution in [0.25, 0.3) is 0 Å². The Hall–Kier alpha value is -2.04. The second kappa shape index (κ2) is 11.2. The Morgan fingerprint density at radius 3 is 2.86 bits per heavy atom. The van der Waals surface area contributed by atoms with Crippen LogP contribution in [0.5, 0.6) is 11.5 Å². The number of nitrogens with one attached hydrogen (secondary N) is 2. The molecule has 9 heteroatoms. The highest BCUT2D eigenvalue weighted by Crippen LogP contribution is 2.35. The van der Waals surface area contributed by atoms with Gasteiger partial charge in [-0.1, -0.05) is 0 Å². The minimum atomic E-state index is 0. The predicted molar refractivity (Wildman–Crippen MR) is 124 cm³/mol. The molecule has 2 aromatic rings. The number of nitrogens with zero attached hydrogens (tertiary/aromatic N) is 4. The van der Waals surface area contributed by atoms with Crippen molar-refractivity contribution < 1.29 is 9.47 Å². The van der Waals surface area contributed by atoms with Crippen LogP contribution in [0.3, 0.4) is 0 Å². The van der Waals surface area contributed by atoms with Crippen molar-refractivity contribution >= 4 is 29.9 Å². The number of hydrogen-bond acceptors (Lipinski definition) is 5. The first-order valence-corrected chi connectivity index (χ1v) is 9.98. The van der Waals surface area contributed by atoms with Gasteiger partial charge >= 0.3 is 0 Å². The number of aromatic nitrogens is 3. The molecular weight excluding hydrogens is 483 g/mol. The molecule has 0 saturated heterocycles. The van der Waals surface area contributed by atoms with Gasteiger partial charge in [-0.05, 0) is 39.8 Å². The third-order valence-corrected chi connectivity index (χ3v) is 4.58. The highest BCUT2D eigenvalue weighted by Gasteiger charge is 2.21. The van der Waals surface area contributed by atoms with E-state index in [-0.39, 0.29) is 30.1 Å². The van der Waals surface area contributed by atoms with Gasteiger partial charge in [0.2, 0.25) is 0 Å². The number of guanidine groups is 1. The molecule has 0 amide bonds. The first kappa shape index (κ1) is 23.2. The molecule has 1 aromatic heterocycles. The molecule has 2 N–H and O–H groups in total. The van der Waals surface area contributed by atoms with E-state index in [1.807, 2.05) is 18.4 Å². The van der Waals surface area contributed by atoms with Crippen LogP contribution in [0.2, 0.25) is 0 Å². The number of ether oxygens (including phenoxy) is 2. The zero-order valence-electron chi connectivity index (χ0n) is 17.6. The minimum absolute atomic E-state index is 0. The summed E-state index contributed by atoms with van der Waals surface area (Å²) in [6.45, 7) is 11.5. The molecule has 3 rings (SSSR count). The third-order valence-electron chi connectivity index (χ3n) is 4.58. The zero-order chi connectivity index (χ0) is 19.9. The molecule has 1 aliphatic heterocycles. The van der Waals surface area contributed by atoms with E-state index < -0.39 is 0 Å². The van der Waals surface area contributed by atoms with Crippen molar-refractivity contribution in [2.75, 3.05) is 13.2 Å². The quantitative estimate of drug-likeness (QED) is 0.320. The van der Waals surface area contributed by atoms with E-state index in [9.17, 15) is 0 Å². The summed E-state index contributed by atoms with van der Waals surface area (Å²) in [7, 11) is 0. The van der Waals surface area contributed by atoms with Crippen LogP contribution in [0.4, 0.5) is 0 Å². The maximum Gasteiger partial charge on any atom is 0.191 e. The summed E-state index contributed by atoms with van der Waals surface area (Å²) in [5.41, 5.74) is 2.22. The summed E-state index contributed by atoms with van der Waals surface area (Å²) >= 11 is 0. The molecule has 0 spiro atoms. The molecule has 0 saturated carbocycles.